The van der Waals surface area contributed by atoms with E-state index in [4.69, 9.17) is 9.47 Å². The maximum atomic E-state index is 12.2. The standard InChI is InChI=1S/C32H44O3/c1-4-6-7-8-9-10-11-12-25-34-31-23-19-29(20-24-31)16-15-28-17-21-30(22-18-28)32(33)35-26-13-14-27(3)5-2/h17-24,27H,4-14,25-26H2,1-3H3/t27-/m0/s1. The van der Waals surface area contributed by atoms with Crippen LogP contribution >= 0.6 is 0 Å². The average molecular weight is 477 g/mol. The van der Waals surface area contributed by atoms with E-state index in [9.17, 15) is 4.79 Å². The lowest BCUT2D eigenvalue weighted by Gasteiger charge is -2.08. The van der Waals surface area contributed by atoms with Crippen LogP contribution in [0, 0.1) is 17.8 Å². The smallest absolute Gasteiger partial charge is 0.338 e. The van der Waals surface area contributed by atoms with Crippen LogP contribution in [0.15, 0.2) is 48.5 Å². The Kier molecular flexibility index (Phi) is 14.4. The van der Waals surface area contributed by atoms with Gasteiger partial charge < -0.3 is 9.47 Å². The number of hydrogen-bond acceptors (Lipinski definition) is 3. The Labute approximate surface area is 213 Å². The number of carbonyl (C=O) groups excluding carboxylic acids is 1. The molecular weight excluding hydrogens is 432 g/mol. The fraction of sp³-hybridized carbons (Fsp3) is 0.531. The SMILES string of the molecule is CCCCCCCCCCOc1ccc(C#Cc2ccc(C(=O)OCCC[C@@H](C)CC)cc2)cc1. The molecule has 0 spiro atoms. The molecule has 2 aromatic rings. The van der Waals surface area contributed by atoms with Crippen molar-refractivity contribution >= 4 is 5.97 Å². The molecule has 0 N–H and O–H groups in total. The summed E-state index contributed by atoms with van der Waals surface area (Å²) < 4.78 is 11.2. The van der Waals surface area contributed by atoms with Crippen molar-refractivity contribution in [3.8, 4) is 17.6 Å². The van der Waals surface area contributed by atoms with Gasteiger partial charge in [0.05, 0.1) is 18.8 Å². The zero-order valence-corrected chi connectivity index (χ0v) is 22.1. The van der Waals surface area contributed by atoms with E-state index < -0.39 is 0 Å². The molecule has 0 aliphatic heterocycles. The first-order valence-electron chi connectivity index (χ1n) is 13.6. The largest absolute Gasteiger partial charge is 0.494 e. The number of benzene rings is 2. The summed E-state index contributed by atoms with van der Waals surface area (Å²) in [5.41, 5.74) is 2.37. The minimum Gasteiger partial charge on any atom is -0.494 e. The van der Waals surface area contributed by atoms with Crippen LogP contribution in [-0.4, -0.2) is 19.2 Å². The third-order valence-corrected chi connectivity index (χ3v) is 6.36. The zero-order chi connectivity index (χ0) is 25.1. The Hall–Kier alpha value is -2.73. The number of carbonyl (C=O) groups is 1. The molecule has 0 amide bonds. The minimum atomic E-state index is -0.267. The Morgan fingerprint density at radius 3 is 1.91 bits per heavy atom. The molecule has 190 valence electrons. The quantitative estimate of drug-likeness (QED) is 0.138. The maximum absolute atomic E-state index is 12.2. The molecule has 0 radical (unpaired) electrons. The van der Waals surface area contributed by atoms with Crippen molar-refractivity contribution in [1.29, 1.82) is 0 Å². The van der Waals surface area contributed by atoms with Gasteiger partial charge in [0.25, 0.3) is 0 Å². The van der Waals surface area contributed by atoms with Gasteiger partial charge >= 0.3 is 5.97 Å². The van der Waals surface area contributed by atoms with E-state index in [1.807, 2.05) is 36.4 Å². The highest BCUT2D eigenvalue weighted by Gasteiger charge is 2.07. The highest BCUT2D eigenvalue weighted by molar-refractivity contribution is 5.89. The van der Waals surface area contributed by atoms with E-state index in [1.54, 1.807) is 12.1 Å². The van der Waals surface area contributed by atoms with Crippen molar-refractivity contribution in [2.75, 3.05) is 13.2 Å². The topological polar surface area (TPSA) is 35.5 Å². The summed E-state index contributed by atoms with van der Waals surface area (Å²) in [5.74, 6) is 7.64. The van der Waals surface area contributed by atoms with Gasteiger partial charge in [-0.2, -0.15) is 0 Å². The van der Waals surface area contributed by atoms with Gasteiger partial charge in [-0.1, -0.05) is 84.0 Å². The third kappa shape index (κ3) is 12.5. The lowest BCUT2D eigenvalue weighted by atomic mass is 10.0. The number of unbranched alkanes of at least 4 members (excludes halogenated alkanes) is 7. The van der Waals surface area contributed by atoms with Crippen LogP contribution in [0.25, 0.3) is 0 Å². The molecule has 0 aliphatic carbocycles. The fourth-order valence-electron chi connectivity index (χ4n) is 3.78. The van der Waals surface area contributed by atoms with E-state index in [0.717, 1.165) is 49.2 Å². The van der Waals surface area contributed by atoms with Gasteiger partial charge in [-0.05, 0) is 73.7 Å². The number of hydrogen-bond donors (Lipinski definition) is 0. The zero-order valence-electron chi connectivity index (χ0n) is 22.1. The van der Waals surface area contributed by atoms with E-state index in [2.05, 4.69) is 32.6 Å². The summed E-state index contributed by atoms with van der Waals surface area (Å²) >= 11 is 0. The van der Waals surface area contributed by atoms with E-state index >= 15 is 0 Å². The van der Waals surface area contributed by atoms with Crippen molar-refractivity contribution < 1.29 is 14.3 Å². The summed E-state index contributed by atoms with van der Waals surface area (Å²) in [6.45, 7) is 7.91. The summed E-state index contributed by atoms with van der Waals surface area (Å²) in [6.07, 6.45) is 13.6. The number of ether oxygens (including phenoxy) is 2. The lowest BCUT2D eigenvalue weighted by Crippen LogP contribution is -2.07. The number of esters is 1. The summed E-state index contributed by atoms with van der Waals surface area (Å²) in [6, 6.07) is 15.2. The molecule has 35 heavy (non-hydrogen) atoms. The van der Waals surface area contributed by atoms with Gasteiger partial charge in [-0.3, -0.25) is 0 Å². The lowest BCUT2D eigenvalue weighted by molar-refractivity contribution is 0.0494. The molecule has 2 rings (SSSR count). The van der Waals surface area contributed by atoms with Gasteiger partial charge in [-0.15, -0.1) is 0 Å². The van der Waals surface area contributed by atoms with Gasteiger partial charge in [0.15, 0.2) is 0 Å². The first kappa shape index (κ1) is 28.5. The van der Waals surface area contributed by atoms with Gasteiger partial charge in [0, 0.05) is 11.1 Å². The molecule has 3 nitrogen and oxygen atoms in total. The predicted octanol–water partition coefficient (Wildman–Crippen LogP) is 8.59. The molecule has 0 saturated heterocycles. The van der Waals surface area contributed by atoms with Gasteiger partial charge in [0.1, 0.15) is 5.75 Å². The van der Waals surface area contributed by atoms with Crippen LogP contribution in [0.4, 0.5) is 0 Å². The van der Waals surface area contributed by atoms with Crippen LogP contribution in [-0.2, 0) is 4.74 Å². The Morgan fingerprint density at radius 2 is 1.31 bits per heavy atom. The molecule has 0 bridgehead atoms. The Bertz CT molecular complexity index is 887. The molecule has 0 heterocycles. The van der Waals surface area contributed by atoms with E-state index in [1.165, 1.54) is 44.9 Å². The normalized spacial score (nSPS) is 11.4. The molecule has 3 heteroatoms. The molecule has 0 aliphatic rings. The second-order valence-corrected chi connectivity index (χ2v) is 9.47. The predicted molar refractivity (Wildman–Crippen MR) is 146 cm³/mol. The molecule has 0 unspecified atom stereocenters. The molecule has 0 saturated carbocycles. The molecule has 1 atom stereocenters. The van der Waals surface area contributed by atoms with Crippen LogP contribution in [0.5, 0.6) is 5.75 Å². The van der Waals surface area contributed by atoms with Gasteiger partial charge in [-0.25, -0.2) is 4.79 Å². The number of rotatable bonds is 16. The summed E-state index contributed by atoms with van der Waals surface area (Å²) in [7, 11) is 0. The summed E-state index contributed by atoms with van der Waals surface area (Å²) in [4.78, 5) is 12.2. The minimum absolute atomic E-state index is 0.267. The molecule has 0 aromatic heterocycles. The Morgan fingerprint density at radius 1 is 0.743 bits per heavy atom. The van der Waals surface area contributed by atoms with E-state index in [0.29, 0.717) is 18.1 Å². The summed E-state index contributed by atoms with van der Waals surface area (Å²) in [5, 5.41) is 0. The molecule has 2 aromatic carbocycles. The molecular formula is C32H44O3. The van der Waals surface area contributed by atoms with Crippen molar-refractivity contribution in [3.05, 3.63) is 65.2 Å². The average Bonchev–Trinajstić information content (AvgIpc) is 2.89. The highest BCUT2D eigenvalue weighted by Crippen LogP contribution is 2.14. The van der Waals surface area contributed by atoms with Crippen molar-refractivity contribution in [2.45, 2.75) is 91.4 Å². The second-order valence-electron chi connectivity index (χ2n) is 9.47. The Balaban J connectivity index is 1.68. The maximum Gasteiger partial charge on any atom is 0.338 e. The van der Waals surface area contributed by atoms with Crippen molar-refractivity contribution in [1.82, 2.24) is 0 Å². The van der Waals surface area contributed by atoms with Crippen LogP contribution in [0.3, 0.4) is 0 Å². The highest BCUT2D eigenvalue weighted by atomic mass is 16.5. The van der Waals surface area contributed by atoms with Gasteiger partial charge in [0.2, 0.25) is 0 Å². The van der Waals surface area contributed by atoms with Crippen LogP contribution < -0.4 is 4.74 Å². The molecule has 0 fully saturated rings. The fourth-order valence-corrected chi connectivity index (χ4v) is 3.78. The second kappa shape index (κ2) is 17.7. The monoisotopic (exact) mass is 476 g/mol. The van der Waals surface area contributed by atoms with E-state index in [-0.39, 0.29) is 5.97 Å². The first-order chi connectivity index (χ1) is 17.1. The van der Waals surface area contributed by atoms with Crippen molar-refractivity contribution in [2.24, 2.45) is 5.92 Å². The third-order valence-electron chi connectivity index (χ3n) is 6.36. The first-order valence-corrected chi connectivity index (χ1v) is 13.6. The van der Waals surface area contributed by atoms with Crippen LogP contribution in [0.2, 0.25) is 0 Å². The van der Waals surface area contributed by atoms with Crippen molar-refractivity contribution in [3.63, 3.8) is 0 Å². The van der Waals surface area contributed by atoms with Crippen LogP contribution in [0.1, 0.15) is 113 Å².